The summed E-state index contributed by atoms with van der Waals surface area (Å²) < 4.78 is 5.30. The van der Waals surface area contributed by atoms with E-state index in [2.05, 4.69) is 29.6 Å². The summed E-state index contributed by atoms with van der Waals surface area (Å²) in [4.78, 5) is 28.6. The molecule has 0 aliphatic carbocycles. The van der Waals surface area contributed by atoms with E-state index in [1.807, 2.05) is 54.6 Å². The number of benzene rings is 3. The Hall–Kier alpha value is -3.60. The van der Waals surface area contributed by atoms with Gasteiger partial charge in [0.15, 0.2) is 0 Å². The monoisotopic (exact) mass is 442 g/mol. The molecule has 0 aromatic heterocycles. The molecule has 3 aromatic rings. The molecule has 170 valence electrons. The van der Waals surface area contributed by atoms with Crippen LogP contribution in [0.4, 0.5) is 0 Å². The van der Waals surface area contributed by atoms with Gasteiger partial charge >= 0.3 is 0 Å². The first-order valence-corrected chi connectivity index (χ1v) is 11.4. The number of amides is 2. The zero-order valence-electron chi connectivity index (χ0n) is 19.2. The number of likely N-dealkylation sites (tertiary alicyclic amines) is 1. The van der Waals surface area contributed by atoms with Gasteiger partial charge in [-0.25, -0.2) is 0 Å². The van der Waals surface area contributed by atoms with E-state index in [9.17, 15) is 9.59 Å². The highest BCUT2D eigenvalue weighted by Gasteiger charge is 2.49. The van der Waals surface area contributed by atoms with E-state index in [-0.39, 0.29) is 18.2 Å². The fourth-order valence-corrected chi connectivity index (χ4v) is 4.92. The molecule has 3 aromatic carbocycles. The lowest BCUT2D eigenvalue weighted by Crippen LogP contribution is -2.58. The van der Waals surface area contributed by atoms with Crippen LogP contribution in [-0.2, 0) is 22.4 Å². The molecule has 0 saturated carbocycles. The molecule has 1 heterocycles. The first-order valence-electron chi connectivity index (χ1n) is 11.4. The van der Waals surface area contributed by atoms with Crippen molar-refractivity contribution in [2.45, 2.75) is 31.2 Å². The van der Waals surface area contributed by atoms with Crippen LogP contribution in [0.15, 0.2) is 78.9 Å². The number of methoxy groups -OCH3 is 1. The molecular formula is C28H30N2O3. The van der Waals surface area contributed by atoms with Crippen molar-refractivity contribution >= 4 is 11.8 Å². The van der Waals surface area contributed by atoms with Crippen molar-refractivity contribution in [2.75, 3.05) is 20.7 Å². The van der Waals surface area contributed by atoms with Crippen molar-refractivity contribution in [1.29, 1.82) is 0 Å². The summed E-state index contributed by atoms with van der Waals surface area (Å²) in [7, 11) is 3.26. The van der Waals surface area contributed by atoms with Crippen molar-refractivity contribution in [2.24, 2.45) is 0 Å². The molecule has 1 atom stereocenters. The van der Waals surface area contributed by atoms with Crippen molar-refractivity contribution in [3.8, 4) is 16.9 Å². The van der Waals surface area contributed by atoms with Gasteiger partial charge in [0.25, 0.3) is 0 Å². The highest BCUT2D eigenvalue weighted by atomic mass is 16.5. The molecule has 0 spiro atoms. The molecule has 1 fully saturated rings. The summed E-state index contributed by atoms with van der Waals surface area (Å²) in [5, 5.41) is 2.84. The van der Waals surface area contributed by atoms with E-state index >= 15 is 0 Å². The van der Waals surface area contributed by atoms with Crippen LogP contribution in [-0.4, -0.2) is 43.0 Å². The van der Waals surface area contributed by atoms with Gasteiger partial charge in [0.2, 0.25) is 11.8 Å². The van der Waals surface area contributed by atoms with E-state index < -0.39 is 5.54 Å². The maximum atomic E-state index is 13.5. The quantitative estimate of drug-likeness (QED) is 0.595. The average Bonchev–Trinajstić information content (AvgIpc) is 3.29. The number of carbonyl (C=O) groups excluding carboxylic acids is 2. The number of nitrogens with one attached hydrogen (secondary N) is 1. The van der Waals surface area contributed by atoms with E-state index in [0.29, 0.717) is 19.4 Å². The zero-order chi connectivity index (χ0) is 23.3. The molecule has 5 nitrogen and oxygen atoms in total. The Balaban J connectivity index is 1.67. The van der Waals surface area contributed by atoms with Crippen LogP contribution < -0.4 is 10.1 Å². The lowest BCUT2D eigenvalue weighted by molar-refractivity contribution is -0.144. The molecule has 1 aliphatic rings. The summed E-state index contributed by atoms with van der Waals surface area (Å²) in [5.41, 5.74) is 3.23. The van der Waals surface area contributed by atoms with E-state index in [1.165, 1.54) is 0 Å². The Bertz CT molecular complexity index is 1130. The van der Waals surface area contributed by atoms with E-state index in [0.717, 1.165) is 34.4 Å². The Morgan fingerprint density at radius 1 is 1.00 bits per heavy atom. The van der Waals surface area contributed by atoms with Crippen LogP contribution in [0.1, 0.15) is 24.0 Å². The van der Waals surface area contributed by atoms with Crippen LogP contribution >= 0.6 is 0 Å². The molecule has 2 amide bonds. The molecule has 1 saturated heterocycles. The summed E-state index contributed by atoms with van der Waals surface area (Å²) in [6.45, 7) is 0.573. The minimum Gasteiger partial charge on any atom is -0.497 e. The van der Waals surface area contributed by atoms with Crippen LogP contribution in [0, 0.1) is 0 Å². The second kappa shape index (κ2) is 9.90. The molecule has 0 bridgehead atoms. The predicted molar refractivity (Wildman–Crippen MR) is 130 cm³/mol. The number of rotatable bonds is 7. The number of hydrogen-bond acceptors (Lipinski definition) is 3. The van der Waals surface area contributed by atoms with Crippen molar-refractivity contribution < 1.29 is 14.3 Å². The molecule has 0 radical (unpaired) electrons. The molecule has 1 aliphatic heterocycles. The Morgan fingerprint density at radius 3 is 2.52 bits per heavy atom. The molecule has 1 unspecified atom stereocenters. The first kappa shape index (κ1) is 22.6. The maximum absolute atomic E-state index is 13.5. The largest absolute Gasteiger partial charge is 0.497 e. The second-order valence-corrected chi connectivity index (χ2v) is 8.49. The minimum absolute atomic E-state index is 0.0402. The Labute approximate surface area is 195 Å². The summed E-state index contributed by atoms with van der Waals surface area (Å²) in [6.07, 6.45) is 2.14. The lowest BCUT2D eigenvalue weighted by atomic mass is 9.84. The fourth-order valence-electron chi connectivity index (χ4n) is 4.92. The van der Waals surface area contributed by atoms with Crippen molar-refractivity contribution in [1.82, 2.24) is 10.2 Å². The normalized spacial score (nSPS) is 17.6. The van der Waals surface area contributed by atoms with Crippen LogP contribution in [0.25, 0.3) is 11.1 Å². The topological polar surface area (TPSA) is 58.6 Å². The third kappa shape index (κ3) is 4.63. The van der Waals surface area contributed by atoms with E-state index in [4.69, 9.17) is 4.74 Å². The average molecular weight is 443 g/mol. The van der Waals surface area contributed by atoms with Crippen LogP contribution in [0.3, 0.4) is 0 Å². The van der Waals surface area contributed by atoms with Gasteiger partial charge in [-0.05, 0) is 47.2 Å². The van der Waals surface area contributed by atoms with Gasteiger partial charge in [0, 0.05) is 20.0 Å². The third-order valence-electron chi connectivity index (χ3n) is 6.51. The molecular weight excluding hydrogens is 412 g/mol. The van der Waals surface area contributed by atoms with Crippen LogP contribution in [0.2, 0.25) is 0 Å². The predicted octanol–water partition coefficient (Wildman–Crippen LogP) is 4.25. The van der Waals surface area contributed by atoms with Gasteiger partial charge in [0.1, 0.15) is 11.3 Å². The van der Waals surface area contributed by atoms with Gasteiger partial charge < -0.3 is 15.0 Å². The summed E-state index contributed by atoms with van der Waals surface area (Å²) in [6, 6.07) is 25.9. The number of hydrogen-bond donors (Lipinski definition) is 1. The van der Waals surface area contributed by atoms with Gasteiger partial charge in [-0.1, -0.05) is 66.7 Å². The fraction of sp³-hybridized carbons (Fsp3) is 0.286. The minimum atomic E-state index is -0.907. The van der Waals surface area contributed by atoms with E-state index in [1.54, 1.807) is 19.1 Å². The zero-order valence-corrected chi connectivity index (χ0v) is 19.2. The maximum Gasteiger partial charge on any atom is 0.246 e. The molecule has 33 heavy (non-hydrogen) atoms. The number of ether oxygens (including phenoxy) is 1. The van der Waals surface area contributed by atoms with Crippen molar-refractivity contribution in [3.05, 3.63) is 90.0 Å². The Kier molecular flexibility index (Phi) is 6.78. The number of nitrogens with zero attached hydrogens (tertiary/aromatic N) is 1. The van der Waals surface area contributed by atoms with Gasteiger partial charge in [-0.3, -0.25) is 9.59 Å². The highest BCUT2D eigenvalue weighted by Crippen LogP contribution is 2.36. The van der Waals surface area contributed by atoms with Gasteiger partial charge in [0.05, 0.1) is 13.5 Å². The van der Waals surface area contributed by atoms with Gasteiger partial charge in [-0.2, -0.15) is 0 Å². The molecule has 1 N–H and O–H groups in total. The first-order chi connectivity index (χ1) is 16.1. The number of likely N-dealkylation sites (N-methyl/N-ethyl adjacent to an activating group) is 1. The standard InChI is InChI=1S/C28H30N2O3/c1-29-27(32)28(20-23-13-6-7-15-25(23)22-11-4-3-5-12-22)16-9-17-30(28)26(31)19-21-10-8-14-24(18-21)33-2/h3-8,10-15,18H,9,16-17,19-20H2,1-2H3,(H,29,32). The second-order valence-electron chi connectivity index (χ2n) is 8.49. The Morgan fingerprint density at radius 2 is 1.76 bits per heavy atom. The summed E-state index contributed by atoms with van der Waals surface area (Å²) >= 11 is 0. The van der Waals surface area contributed by atoms with Gasteiger partial charge in [-0.15, -0.1) is 0 Å². The van der Waals surface area contributed by atoms with Crippen molar-refractivity contribution in [3.63, 3.8) is 0 Å². The lowest BCUT2D eigenvalue weighted by Gasteiger charge is -2.37. The molecule has 5 heteroatoms. The third-order valence-corrected chi connectivity index (χ3v) is 6.51. The summed E-state index contributed by atoms with van der Waals surface area (Å²) in [5.74, 6) is 0.569. The molecule has 4 rings (SSSR count). The highest BCUT2D eigenvalue weighted by molar-refractivity contribution is 5.93. The number of carbonyl (C=O) groups is 2. The SMILES string of the molecule is CNC(=O)C1(Cc2ccccc2-c2ccccc2)CCCN1C(=O)Cc1cccc(OC)c1. The van der Waals surface area contributed by atoms with Crippen LogP contribution in [0.5, 0.6) is 5.75 Å². The smallest absolute Gasteiger partial charge is 0.246 e.